The van der Waals surface area contributed by atoms with Gasteiger partial charge in [0.1, 0.15) is 5.75 Å². The molecule has 0 spiro atoms. The number of amides is 1. The zero-order valence-corrected chi connectivity index (χ0v) is 15.8. The van der Waals surface area contributed by atoms with Gasteiger partial charge in [-0.1, -0.05) is 12.1 Å². The molecule has 0 bridgehead atoms. The highest BCUT2D eigenvalue weighted by atomic mass is 79.9. The summed E-state index contributed by atoms with van der Waals surface area (Å²) in [6.45, 7) is 1.40. The van der Waals surface area contributed by atoms with Crippen LogP contribution in [0.5, 0.6) is 5.75 Å². The number of hydrogen-bond donors (Lipinski definition) is 1. The fourth-order valence-electron chi connectivity index (χ4n) is 2.16. The van der Waals surface area contributed by atoms with Crippen molar-refractivity contribution in [2.75, 3.05) is 12.4 Å². The summed E-state index contributed by atoms with van der Waals surface area (Å²) in [5.41, 5.74) is -1.03. The highest BCUT2D eigenvalue weighted by Crippen LogP contribution is 2.34. The van der Waals surface area contributed by atoms with Gasteiger partial charge in [-0.3, -0.25) is 4.79 Å². The summed E-state index contributed by atoms with van der Waals surface area (Å²) in [5.74, 6) is -1.05. The molecule has 1 atom stereocenters. The summed E-state index contributed by atoms with van der Waals surface area (Å²) in [6.07, 6.45) is -5.69. The highest BCUT2D eigenvalue weighted by molar-refractivity contribution is 9.10. The number of benzene rings is 2. The Kier molecular flexibility index (Phi) is 6.48. The van der Waals surface area contributed by atoms with E-state index in [0.29, 0.717) is 4.47 Å². The summed E-state index contributed by atoms with van der Waals surface area (Å²) in [5, 5.41) is 2.22. The van der Waals surface area contributed by atoms with Crippen molar-refractivity contribution in [1.82, 2.24) is 0 Å². The lowest BCUT2D eigenvalue weighted by Crippen LogP contribution is -2.31. The highest BCUT2D eigenvalue weighted by Gasteiger charge is 2.34. The third-order valence-corrected chi connectivity index (χ3v) is 4.14. The van der Waals surface area contributed by atoms with Gasteiger partial charge in [0.2, 0.25) is 0 Å². The molecule has 0 aliphatic rings. The maximum absolute atomic E-state index is 13.0. The predicted octanol–water partition coefficient (Wildman–Crippen LogP) is 4.66. The van der Waals surface area contributed by atoms with Crippen LogP contribution in [0.1, 0.15) is 22.8 Å². The Labute approximate surface area is 161 Å². The summed E-state index contributed by atoms with van der Waals surface area (Å²) in [7, 11) is 1.24. The van der Waals surface area contributed by atoms with Crippen molar-refractivity contribution in [2.45, 2.75) is 19.2 Å². The van der Waals surface area contributed by atoms with Crippen LogP contribution in [0, 0.1) is 0 Å². The Morgan fingerprint density at radius 2 is 1.81 bits per heavy atom. The van der Waals surface area contributed by atoms with Gasteiger partial charge in [0.25, 0.3) is 5.91 Å². The molecule has 0 aliphatic carbocycles. The van der Waals surface area contributed by atoms with Gasteiger partial charge >= 0.3 is 12.1 Å². The maximum atomic E-state index is 13.0. The molecule has 9 heteroatoms. The summed E-state index contributed by atoms with van der Waals surface area (Å²) >= 11 is 3.21. The number of esters is 1. The fourth-order valence-corrected chi connectivity index (χ4v) is 2.63. The average molecular weight is 446 g/mol. The Morgan fingerprint density at radius 1 is 1.15 bits per heavy atom. The molecule has 0 aromatic heterocycles. The molecular formula is C18H15BrF3NO4. The number of carbonyl (C=O) groups is 2. The van der Waals surface area contributed by atoms with Crippen molar-refractivity contribution >= 4 is 33.5 Å². The zero-order valence-electron chi connectivity index (χ0n) is 14.3. The van der Waals surface area contributed by atoms with Gasteiger partial charge in [0.15, 0.2) is 6.10 Å². The van der Waals surface area contributed by atoms with E-state index in [9.17, 15) is 22.8 Å². The van der Waals surface area contributed by atoms with Gasteiger partial charge in [-0.2, -0.15) is 13.2 Å². The minimum atomic E-state index is -4.60. The lowest BCUT2D eigenvalue weighted by molar-refractivity contribution is -0.137. The Morgan fingerprint density at radius 3 is 2.41 bits per heavy atom. The van der Waals surface area contributed by atoms with Crippen molar-refractivity contribution in [3.63, 3.8) is 0 Å². The molecule has 1 amide bonds. The van der Waals surface area contributed by atoms with Crippen LogP contribution in [0.3, 0.4) is 0 Å². The molecule has 0 aliphatic heterocycles. The lowest BCUT2D eigenvalue weighted by Gasteiger charge is -2.18. The Bertz CT molecular complexity index is 855. The molecule has 0 fully saturated rings. The van der Waals surface area contributed by atoms with E-state index >= 15 is 0 Å². The van der Waals surface area contributed by atoms with Crippen LogP contribution in [0.25, 0.3) is 0 Å². The molecule has 0 saturated carbocycles. The number of para-hydroxylation sites is 1. The molecule has 2 aromatic carbocycles. The van der Waals surface area contributed by atoms with E-state index in [0.717, 1.165) is 12.1 Å². The number of alkyl halides is 3. The van der Waals surface area contributed by atoms with Crippen LogP contribution in [0.15, 0.2) is 46.9 Å². The van der Waals surface area contributed by atoms with Crippen LogP contribution in [-0.4, -0.2) is 25.1 Å². The third kappa shape index (κ3) is 5.22. The van der Waals surface area contributed by atoms with Gasteiger partial charge < -0.3 is 14.8 Å². The van der Waals surface area contributed by atoms with Crippen LogP contribution < -0.4 is 10.1 Å². The second-order valence-electron chi connectivity index (χ2n) is 5.43. The summed E-state index contributed by atoms with van der Waals surface area (Å²) in [4.78, 5) is 23.7. The van der Waals surface area contributed by atoms with Crippen molar-refractivity contribution in [2.24, 2.45) is 0 Å². The molecule has 2 rings (SSSR count). The largest absolute Gasteiger partial charge is 0.480 e. The maximum Gasteiger partial charge on any atom is 0.418 e. The second-order valence-corrected chi connectivity index (χ2v) is 6.28. The van der Waals surface area contributed by atoms with E-state index in [1.165, 1.54) is 44.4 Å². The number of methoxy groups -OCH3 is 1. The first-order valence-electron chi connectivity index (χ1n) is 7.65. The van der Waals surface area contributed by atoms with Gasteiger partial charge in [-0.25, -0.2) is 4.79 Å². The molecule has 0 saturated heterocycles. The topological polar surface area (TPSA) is 64.6 Å². The van der Waals surface area contributed by atoms with Crippen LogP contribution in [-0.2, 0) is 15.7 Å². The van der Waals surface area contributed by atoms with E-state index in [-0.39, 0.29) is 17.0 Å². The van der Waals surface area contributed by atoms with Crippen LogP contribution >= 0.6 is 15.9 Å². The number of anilines is 1. The van der Waals surface area contributed by atoms with Crippen molar-refractivity contribution in [3.05, 3.63) is 58.1 Å². The molecular weight excluding hydrogens is 431 g/mol. The van der Waals surface area contributed by atoms with E-state index in [2.05, 4.69) is 26.0 Å². The summed E-state index contributed by atoms with van der Waals surface area (Å²) < 4.78 is 49.5. The van der Waals surface area contributed by atoms with Crippen molar-refractivity contribution in [3.8, 4) is 5.75 Å². The fraction of sp³-hybridized carbons (Fsp3) is 0.222. The molecule has 144 valence electrons. The molecule has 0 unspecified atom stereocenters. The minimum absolute atomic E-state index is 0.245. The Balaban J connectivity index is 2.12. The number of hydrogen-bond acceptors (Lipinski definition) is 4. The van der Waals surface area contributed by atoms with Gasteiger partial charge in [-0.15, -0.1) is 0 Å². The monoisotopic (exact) mass is 445 g/mol. The smallest absolute Gasteiger partial charge is 0.418 e. The molecule has 1 N–H and O–H groups in total. The van der Waals surface area contributed by atoms with E-state index in [1.54, 1.807) is 0 Å². The number of nitrogens with one attached hydrogen (secondary N) is 1. The first-order valence-corrected chi connectivity index (χ1v) is 8.44. The van der Waals surface area contributed by atoms with Crippen molar-refractivity contribution in [1.29, 1.82) is 0 Å². The predicted molar refractivity (Wildman–Crippen MR) is 95.6 cm³/mol. The number of ether oxygens (including phenoxy) is 2. The van der Waals surface area contributed by atoms with Gasteiger partial charge in [0.05, 0.1) is 28.4 Å². The Hall–Kier alpha value is -2.55. The standard InChI is InChI=1S/C18H15BrF3NO4/c1-10(27-15-8-7-11(9-13(15)19)17(25)26-2)16(24)23-14-6-4-3-5-12(14)18(20,21)22/h3-10H,1-2H3,(H,23,24)/t10-/m0/s1. The minimum Gasteiger partial charge on any atom is -0.480 e. The molecule has 27 heavy (non-hydrogen) atoms. The van der Waals surface area contributed by atoms with Crippen LogP contribution in [0.2, 0.25) is 0 Å². The average Bonchev–Trinajstić information content (AvgIpc) is 2.62. The molecule has 0 heterocycles. The van der Waals surface area contributed by atoms with E-state index in [4.69, 9.17) is 4.74 Å². The molecule has 5 nitrogen and oxygen atoms in total. The number of rotatable bonds is 5. The number of carbonyl (C=O) groups excluding carboxylic acids is 2. The number of halogens is 4. The first-order chi connectivity index (χ1) is 12.6. The zero-order chi connectivity index (χ0) is 20.2. The molecule has 0 radical (unpaired) electrons. The SMILES string of the molecule is COC(=O)c1ccc(O[C@@H](C)C(=O)Nc2ccccc2C(F)(F)F)c(Br)c1. The van der Waals surface area contributed by atoms with E-state index < -0.39 is 29.7 Å². The summed E-state index contributed by atoms with van der Waals surface area (Å²) in [6, 6.07) is 9.00. The normalized spacial score (nSPS) is 12.2. The van der Waals surface area contributed by atoms with Crippen LogP contribution in [0.4, 0.5) is 18.9 Å². The third-order valence-electron chi connectivity index (χ3n) is 3.52. The van der Waals surface area contributed by atoms with E-state index in [1.807, 2.05) is 0 Å². The lowest BCUT2D eigenvalue weighted by atomic mass is 10.1. The molecule has 2 aromatic rings. The second kappa shape index (κ2) is 8.43. The van der Waals surface area contributed by atoms with Crippen molar-refractivity contribution < 1.29 is 32.2 Å². The van der Waals surface area contributed by atoms with Gasteiger partial charge in [0, 0.05) is 0 Å². The quantitative estimate of drug-likeness (QED) is 0.679. The first kappa shape index (κ1) is 20.8. The van der Waals surface area contributed by atoms with Gasteiger partial charge in [-0.05, 0) is 53.2 Å².